The van der Waals surface area contributed by atoms with Gasteiger partial charge in [-0.15, -0.1) is 17.5 Å². The fourth-order valence-electron chi connectivity index (χ4n) is 1.99. The minimum Gasteiger partial charge on any atom is -0.399 e. The molecule has 3 rings (SSSR count). The van der Waals surface area contributed by atoms with E-state index in [1.165, 1.54) is 0 Å². The summed E-state index contributed by atoms with van der Waals surface area (Å²) in [6.45, 7) is 0. The summed E-state index contributed by atoms with van der Waals surface area (Å²) in [6, 6.07) is 23.6. The van der Waals surface area contributed by atoms with Crippen LogP contribution in [-0.2, 0) is 30.4 Å². The Kier molecular flexibility index (Phi) is 7.71. The number of nitrogens with two attached hydrogens (primary N) is 1. The Balaban J connectivity index is 0.000000219. The maximum Gasteiger partial charge on any atom is 0.0319 e. The molecule has 0 saturated carbocycles. The molecular weight excluding hydrogens is 438 g/mol. The van der Waals surface area contributed by atoms with Crippen LogP contribution in [0.4, 0.5) is 5.69 Å². The van der Waals surface area contributed by atoms with Crippen LogP contribution in [0.3, 0.4) is 0 Å². The quantitative estimate of drug-likeness (QED) is 0.301. The van der Waals surface area contributed by atoms with Crippen LogP contribution < -0.4 is 5.73 Å². The van der Waals surface area contributed by atoms with Crippen molar-refractivity contribution >= 4 is 64.6 Å². The molecule has 0 bridgehead atoms. The van der Waals surface area contributed by atoms with Gasteiger partial charge >= 0.3 is 0 Å². The van der Waals surface area contributed by atoms with Crippen molar-refractivity contribution < 1.29 is 0 Å². The highest BCUT2D eigenvalue weighted by molar-refractivity contribution is 9.10. The lowest BCUT2D eigenvalue weighted by Crippen LogP contribution is -1.90. The molecule has 0 amide bonds. The normalized spacial score (nSPS) is 10.1. The second kappa shape index (κ2) is 9.53. The van der Waals surface area contributed by atoms with E-state index in [-0.39, 0.29) is 0 Å². The zero-order chi connectivity index (χ0) is 17.5. The number of thiol groups is 1. The summed E-state index contributed by atoms with van der Waals surface area (Å²) in [6.07, 6.45) is 0. The lowest BCUT2D eigenvalue weighted by Gasteiger charge is -2.14. The van der Waals surface area contributed by atoms with Gasteiger partial charge in [0.05, 0.1) is 0 Å². The highest BCUT2D eigenvalue weighted by atomic mass is 79.9. The third kappa shape index (κ3) is 5.57. The van der Waals surface area contributed by atoms with E-state index in [1.807, 2.05) is 72.8 Å². The fourth-order valence-corrected chi connectivity index (χ4v) is 3.84. The lowest BCUT2D eigenvalue weighted by atomic mass is 10.1. The first kappa shape index (κ1) is 19.4. The average Bonchev–Trinajstić information content (AvgIpc) is 2.58. The van der Waals surface area contributed by atoms with Crippen molar-refractivity contribution in [2.24, 2.45) is 0 Å². The number of anilines is 1. The highest BCUT2D eigenvalue weighted by Crippen LogP contribution is 2.27. The molecule has 24 heavy (non-hydrogen) atoms. The summed E-state index contributed by atoms with van der Waals surface area (Å²) in [5.41, 5.74) is 8.69. The molecule has 0 spiro atoms. The van der Waals surface area contributed by atoms with Gasteiger partial charge in [-0.05, 0) is 51.3 Å². The standard InChI is InChI=1S/C12H10NS3.C6H5BrS/c13-10-6-7-12(16(14)15)11(8-10)9-4-2-1-3-5-9;7-5-3-1-2-4-6(5)8/h1-8H,13H2;1-4,8H/q-1;. The van der Waals surface area contributed by atoms with Gasteiger partial charge in [0.25, 0.3) is 0 Å². The molecule has 124 valence electrons. The molecule has 0 aliphatic carbocycles. The highest BCUT2D eigenvalue weighted by Gasteiger charge is 1.99. The summed E-state index contributed by atoms with van der Waals surface area (Å²) < 4.78 is 1.04. The molecule has 0 radical (unpaired) electrons. The smallest absolute Gasteiger partial charge is 0.0319 e. The molecule has 3 aromatic rings. The summed E-state index contributed by atoms with van der Waals surface area (Å²) >= 11 is 17.8. The largest absolute Gasteiger partial charge is 0.399 e. The van der Waals surface area contributed by atoms with Crippen molar-refractivity contribution in [1.29, 1.82) is 0 Å². The first-order chi connectivity index (χ1) is 11.5. The minimum absolute atomic E-state index is 0.588. The van der Waals surface area contributed by atoms with E-state index in [0.29, 0.717) is 0 Å². The minimum atomic E-state index is -0.588. The zero-order valence-corrected chi connectivity index (χ0v) is 17.5. The summed E-state index contributed by atoms with van der Waals surface area (Å²) in [7, 11) is -0.588. The molecular formula is C18H15BrNS4-. The Morgan fingerprint density at radius 2 is 1.50 bits per heavy atom. The number of benzene rings is 3. The van der Waals surface area contributed by atoms with Gasteiger partial charge in [-0.25, -0.2) is 0 Å². The second-order valence-electron chi connectivity index (χ2n) is 4.81. The number of hydrogen-bond donors (Lipinski definition) is 2. The SMILES string of the molecule is Nc1ccc([S-](=S)=S)c(-c2ccccc2)c1.Sc1ccccc1Br. The monoisotopic (exact) mass is 452 g/mol. The molecule has 0 fully saturated rings. The van der Waals surface area contributed by atoms with Gasteiger partial charge in [0, 0.05) is 15.1 Å². The maximum atomic E-state index is 5.80. The van der Waals surface area contributed by atoms with Gasteiger partial charge in [-0.3, -0.25) is 22.4 Å². The van der Waals surface area contributed by atoms with E-state index in [4.69, 9.17) is 28.1 Å². The molecule has 6 heteroatoms. The van der Waals surface area contributed by atoms with Crippen molar-refractivity contribution in [3.05, 3.63) is 77.3 Å². The topological polar surface area (TPSA) is 26.0 Å². The van der Waals surface area contributed by atoms with E-state index >= 15 is 0 Å². The Labute approximate surface area is 167 Å². The van der Waals surface area contributed by atoms with E-state index in [0.717, 1.165) is 31.1 Å². The molecule has 0 aromatic heterocycles. The van der Waals surface area contributed by atoms with Gasteiger partial charge in [-0.1, -0.05) is 48.5 Å². The summed E-state index contributed by atoms with van der Waals surface area (Å²) in [5.74, 6) is 0. The average molecular weight is 453 g/mol. The molecule has 0 aliphatic rings. The van der Waals surface area contributed by atoms with Crippen LogP contribution in [0.25, 0.3) is 11.1 Å². The van der Waals surface area contributed by atoms with Crippen molar-refractivity contribution in [2.45, 2.75) is 9.79 Å². The van der Waals surface area contributed by atoms with E-state index < -0.39 is 8.01 Å². The van der Waals surface area contributed by atoms with E-state index in [9.17, 15) is 0 Å². The number of nitrogen functional groups attached to an aromatic ring is 1. The molecule has 0 aliphatic heterocycles. The maximum absolute atomic E-state index is 5.80. The Morgan fingerprint density at radius 3 is 2.04 bits per heavy atom. The summed E-state index contributed by atoms with van der Waals surface area (Å²) in [4.78, 5) is 1.98. The van der Waals surface area contributed by atoms with Crippen LogP contribution in [0.15, 0.2) is 87.1 Å². The molecule has 3 aromatic carbocycles. The second-order valence-corrected chi connectivity index (χ2v) is 9.69. The van der Waals surface area contributed by atoms with E-state index in [2.05, 4.69) is 28.6 Å². The summed E-state index contributed by atoms with van der Waals surface area (Å²) in [5, 5.41) is 0. The first-order valence-electron chi connectivity index (χ1n) is 6.96. The molecule has 0 atom stereocenters. The van der Waals surface area contributed by atoms with Crippen LogP contribution in [0, 0.1) is 0 Å². The van der Waals surface area contributed by atoms with Gasteiger partial charge in [0.2, 0.25) is 0 Å². The Morgan fingerprint density at radius 1 is 0.875 bits per heavy atom. The van der Waals surface area contributed by atoms with E-state index in [1.54, 1.807) is 0 Å². The third-order valence-corrected chi connectivity index (χ3v) is 6.30. The number of halogens is 1. The number of rotatable bonds is 2. The number of hydrogen-bond acceptors (Lipinski definition) is 5. The molecule has 1 nitrogen and oxygen atoms in total. The molecule has 0 saturated heterocycles. The Bertz CT molecular complexity index is 864. The molecule has 2 N–H and O–H groups in total. The van der Waals surface area contributed by atoms with Gasteiger partial charge in [0.15, 0.2) is 0 Å². The zero-order valence-electron chi connectivity index (χ0n) is 12.6. The molecule has 0 heterocycles. The lowest BCUT2D eigenvalue weighted by molar-refractivity contribution is 1.42. The van der Waals surface area contributed by atoms with Crippen molar-refractivity contribution in [1.82, 2.24) is 0 Å². The molecule has 0 unspecified atom stereocenters. The van der Waals surface area contributed by atoms with Crippen LogP contribution in [0.5, 0.6) is 0 Å². The van der Waals surface area contributed by atoms with Gasteiger partial charge < -0.3 is 13.7 Å². The van der Waals surface area contributed by atoms with Gasteiger partial charge in [-0.2, -0.15) is 0 Å². The van der Waals surface area contributed by atoms with Crippen molar-refractivity contribution in [3.63, 3.8) is 0 Å². The third-order valence-electron chi connectivity index (χ3n) is 3.12. The van der Waals surface area contributed by atoms with Gasteiger partial charge in [0.1, 0.15) is 0 Å². The van der Waals surface area contributed by atoms with Crippen LogP contribution in [0.1, 0.15) is 0 Å². The van der Waals surface area contributed by atoms with Crippen LogP contribution >= 0.6 is 28.6 Å². The predicted molar refractivity (Wildman–Crippen MR) is 118 cm³/mol. The first-order valence-corrected chi connectivity index (χ1v) is 11.3. The fraction of sp³-hybridized carbons (Fsp3) is 0. The van der Waals surface area contributed by atoms with Crippen molar-refractivity contribution in [2.75, 3.05) is 5.73 Å². The predicted octanol–water partition coefficient (Wildman–Crippen LogP) is 5.57. The van der Waals surface area contributed by atoms with Crippen LogP contribution in [-0.4, -0.2) is 0 Å². The van der Waals surface area contributed by atoms with Crippen LogP contribution in [0.2, 0.25) is 0 Å². The van der Waals surface area contributed by atoms with Crippen molar-refractivity contribution in [3.8, 4) is 11.1 Å². The Hall–Kier alpha value is -0.920.